The number of nitrogens with zero attached hydrogens (tertiary/aromatic N) is 1. The minimum Gasteiger partial charge on any atom is -0.298 e. The van der Waals surface area contributed by atoms with Gasteiger partial charge in [-0.25, -0.2) is 0 Å². The summed E-state index contributed by atoms with van der Waals surface area (Å²) in [6, 6.07) is 31.2. The predicted molar refractivity (Wildman–Crippen MR) is 160 cm³/mol. The smallest absolute Gasteiger partial charge is 0.174 e. The zero-order chi connectivity index (χ0) is 27.4. The van der Waals surface area contributed by atoms with Crippen molar-refractivity contribution in [2.24, 2.45) is 5.92 Å². The van der Waals surface area contributed by atoms with Crippen molar-refractivity contribution in [2.45, 2.75) is 12.3 Å². The number of halogens is 2. The molecule has 0 radical (unpaired) electrons. The van der Waals surface area contributed by atoms with Crippen molar-refractivity contribution in [1.29, 1.82) is 0 Å². The molecule has 2 unspecified atom stereocenters. The minimum absolute atomic E-state index is 0.138. The van der Waals surface area contributed by atoms with Gasteiger partial charge < -0.3 is 0 Å². The van der Waals surface area contributed by atoms with Crippen LogP contribution in [-0.4, -0.2) is 21.8 Å². The Morgan fingerprint density at radius 2 is 1.55 bits per heavy atom. The molecule has 0 spiro atoms. The summed E-state index contributed by atoms with van der Waals surface area (Å²) in [6.45, 7) is 0. The van der Waals surface area contributed by atoms with E-state index in [1.807, 2.05) is 72.8 Å². The molecule has 1 aliphatic carbocycles. The third kappa shape index (κ3) is 3.95. The van der Waals surface area contributed by atoms with E-state index in [0.29, 0.717) is 21.2 Å². The fourth-order valence-corrected chi connectivity index (χ4v) is 6.41. The average Bonchev–Trinajstić information content (AvgIpc) is 3.52. The molecule has 0 fully saturated rings. The van der Waals surface area contributed by atoms with Gasteiger partial charge in [0.15, 0.2) is 11.6 Å². The van der Waals surface area contributed by atoms with Gasteiger partial charge in [0.05, 0.1) is 27.6 Å². The third-order valence-electron chi connectivity index (χ3n) is 7.96. The molecule has 7 rings (SSSR count). The van der Waals surface area contributed by atoms with E-state index in [9.17, 15) is 9.59 Å². The second kappa shape index (κ2) is 9.74. The summed E-state index contributed by atoms with van der Waals surface area (Å²) in [4.78, 5) is 28.5. The van der Waals surface area contributed by atoms with Crippen molar-refractivity contribution in [3.63, 3.8) is 0 Å². The second-order valence-electron chi connectivity index (χ2n) is 10.2. The third-order valence-corrected chi connectivity index (χ3v) is 8.81. The highest BCUT2D eigenvalue weighted by Crippen LogP contribution is 2.43. The van der Waals surface area contributed by atoms with Crippen molar-refractivity contribution < 1.29 is 9.59 Å². The maximum Gasteiger partial charge on any atom is 0.174 e. The van der Waals surface area contributed by atoms with Gasteiger partial charge in [-0.2, -0.15) is 5.10 Å². The molecular weight excluding hydrogens is 539 g/mol. The molecule has 6 heteroatoms. The molecule has 1 N–H and O–H groups in total. The maximum absolute atomic E-state index is 14.3. The summed E-state index contributed by atoms with van der Waals surface area (Å²) in [5.41, 5.74) is 4.62. The van der Waals surface area contributed by atoms with Crippen LogP contribution < -0.4 is 0 Å². The highest BCUT2D eigenvalue weighted by Gasteiger charge is 2.42. The number of rotatable bonds is 4. The number of hydrogen-bond acceptors (Lipinski definition) is 3. The first-order chi connectivity index (χ1) is 19.5. The number of carbonyl (C=O) groups excluding carboxylic acids is 2. The molecule has 2 atom stereocenters. The number of aromatic nitrogens is 2. The fourth-order valence-electron chi connectivity index (χ4n) is 6.01. The molecule has 5 aromatic carbocycles. The summed E-state index contributed by atoms with van der Waals surface area (Å²) >= 11 is 12.8. The minimum atomic E-state index is -0.892. The number of hydrogen-bond donors (Lipinski definition) is 1. The molecule has 0 amide bonds. The zero-order valence-electron chi connectivity index (χ0n) is 21.2. The standard InChI is InChI=1S/C34H22Cl2N2O2/c35-28-7-3-5-22(32(28)36)18-27-33(39)30(21-10-8-20(9-11-21)29-16-17-37-38-29)26-15-14-24-23-6-2-1-4-19(23)12-13-25(24)31(26)34(27)40/h1-17,27,30H,18H2,(H,37,38). The van der Waals surface area contributed by atoms with E-state index in [0.717, 1.165) is 43.9 Å². The van der Waals surface area contributed by atoms with Gasteiger partial charge in [-0.1, -0.05) is 108 Å². The van der Waals surface area contributed by atoms with Crippen LogP contribution in [0.4, 0.5) is 0 Å². The lowest BCUT2D eigenvalue weighted by atomic mass is 9.69. The summed E-state index contributed by atoms with van der Waals surface area (Å²) in [5.74, 6) is -1.81. The second-order valence-corrected chi connectivity index (χ2v) is 10.9. The van der Waals surface area contributed by atoms with Crippen molar-refractivity contribution in [2.75, 3.05) is 0 Å². The van der Waals surface area contributed by atoms with Crippen LogP contribution in [0.3, 0.4) is 0 Å². The normalized spacial score (nSPS) is 16.9. The Hall–Kier alpha value is -4.25. The Morgan fingerprint density at radius 1 is 0.750 bits per heavy atom. The predicted octanol–water partition coefficient (Wildman–Crippen LogP) is 8.45. The lowest BCUT2D eigenvalue weighted by molar-refractivity contribution is -0.122. The lowest BCUT2D eigenvalue weighted by Crippen LogP contribution is -2.37. The fraction of sp³-hybridized carbons (Fsp3) is 0.0882. The van der Waals surface area contributed by atoms with Crippen LogP contribution in [0.2, 0.25) is 10.0 Å². The van der Waals surface area contributed by atoms with Gasteiger partial charge in [-0.15, -0.1) is 0 Å². The number of benzene rings is 5. The Morgan fingerprint density at radius 3 is 2.35 bits per heavy atom. The molecular formula is C34H22Cl2N2O2. The molecule has 1 aromatic heterocycles. The molecule has 0 aliphatic heterocycles. The van der Waals surface area contributed by atoms with E-state index < -0.39 is 11.8 Å². The highest BCUT2D eigenvalue weighted by atomic mass is 35.5. The summed E-state index contributed by atoms with van der Waals surface area (Å²) in [5, 5.41) is 11.9. The highest BCUT2D eigenvalue weighted by molar-refractivity contribution is 6.42. The van der Waals surface area contributed by atoms with Gasteiger partial charge in [0.1, 0.15) is 0 Å². The van der Waals surface area contributed by atoms with Crippen LogP contribution in [0.1, 0.15) is 33.0 Å². The van der Waals surface area contributed by atoms with Crippen LogP contribution in [-0.2, 0) is 11.2 Å². The first-order valence-corrected chi connectivity index (χ1v) is 13.8. The Labute approximate surface area is 240 Å². The van der Waals surface area contributed by atoms with Gasteiger partial charge >= 0.3 is 0 Å². The van der Waals surface area contributed by atoms with Crippen LogP contribution in [0.25, 0.3) is 32.8 Å². The Balaban J connectivity index is 1.43. The summed E-state index contributed by atoms with van der Waals surface area (Å²) in [6.07, 6.45) is 1.96. The van der Waals surface area contributed by atoms with E-state index in [4.69, 9.17) is 23.2 Å². The summed E-state index contributed by atoms with van der Waals surface area (Å²) in [7, 11) is 0. The number of nitrogens with one attached hydrogen (secondary N) is 1. The quantitative estimate of drug-likeness (QED) is 0.174. The first kappa shape index (κ1) is 24.8. The Bertz CT molecular complexity index is 1950. The van der Waals surface area contributed by atoms with Crippen LogP contribution in [0.5, 0.6) is 0 Å². The number of Topliss-reactive ketones (excluding diaryl/α,β-unsaturated/α-hetero) is 2. The van der Waals surface area contributed by atoms with Crippen molar-refractivity contribution in [3.8, 4) is 11.3 Å². The van der Waals surface area contributed by atoms with Gasteiger partial charge in [0.25, 0.3) is 0 Å². The molecule has 1 aliphatic rings. The molecule has 4 nitrogen and oxygen atoms in total. The number of fused-ring (bicyclic) bond motifs is 5. The molecule has 6 aromatic rings. The molecule has 0 bridgehead atoms. The van der Waals surface area contributed by atoms with Crippen LogP contribution in [0.15, 0.2) is 103 Å². The maximum atomic E-state index is 14.3. The van der Waals surface area contributed by atoms with E-state index in [-0.39, 0.29) is 18.0 Å². The Kier molecular flexibility index (Phi) is 6.03. The largest absolute Gasteiger partial charge is 0.298 e. The first-order valence-electron chi connectivity index (χ1n) is 13.1. The molecule has 194 valence electrons. The van der Waals surface area contributed by atoms with Crippen LogP contribution in [0, 0.1) is 5.92 Å². The molecule has 1 heterocycles. The summed E-state index contributed by atoms with van der Waals surface area (Å²) < 4.78 is 0. The van der Waals surface area contributed by atoms with E-state index in [1.165, 1.54) is 0 Å². The van der Waals surface area contributed by atoms with Gasteiger partial charge in [0.2, 0.25) is 0 Å². The number of H-pyrrole nitrogens is 1. The molecule has 0 saturated heterocycles. The monoisotopic (exact) mass is 560 g/mol. The van der Waals surface area contributed by atoms with Crippen molar-refractivity contribution in [3.05, 3.63) is 136 Å². The molecule has 0 saturated carbocycles. The van der Waals surface area contributed by atoms with Gasteiger partial charge in [-0.05, 0) is 56.8 Å². The van der Waals surface area contributed by atoms with Gasteiger partial charge in [-0.3, -0.25) is 14.7 Å². The lowest BCUT2D eigenvalue weighted by Gasteiger charge is -2.31. The molecule has 40 heavy (non-hydrogen) atoms. The number of ketones is 2. The van der Waals surface area contributed by atoms with Crippen LogP contribution >= 0.6 is 23.2 Å². The number of carbonyl (C=O) groups is 2. The van der Waals surface area contributed by atoms with Crippen molar-refractivity contribution >= 4 is 56.3 Å². The zero-order valence-corrected chi connectivity index (χ0v) is 22.7. The average molecular weight is 561 g/mol. The van der Waals surface area contributed by atoms with E-state index in [1.54, 1.807) is 18.3 Å². The topological polar surface area (TPSA) is 62.8 Å². The van der Waals surface area contributed by atoms with E-state index in [2.05, 4.69) is 22.3 Å². The number of aromatic amines is 1. The van der Waals surface area contributed by atoms with Crippen molar-refractivity contribution in [1.82, 2.24) is 10.2 Å². The SMILES string of the molecule is O=C1c2c(ccc3c2ccc2ccccc23)C(c2ccc(-c3cc[nH]n3)cc2)C(=O)C1Cc1cccc(Cl)c1Cl. The van der Waals surface area contributed by atoms with Gasteiger partial charge in [0, 0.05) is 17.3 Å². The van der Waals surface area contributed by atoms with E-state index >= 15 is 0 Å².